The number of nitrogens with one attached hydrogen (secondary N) is 2. The van der Waals surface area contributed by atoms with Crippen LogP contribution in [0, 0.1) is 0 Å². The number of anilines is 2. The molecule has 0 radical (unpaired) electrons. The average Bonchev–Trinajstić information content (AvgIpc) is 2.65. The second-order valence-electron chi connectivity index (χ2n) is 3.60. The van der Waals surface area contributed by atoms with Crippen molar-refractivity contribution in [2.45, 2.75) is 19.4 Å². The summed E-state index contributed by atoms with van der Waals surface area (Å²) in [4.78, 5) is 15.2. The van der Waals surface area contributed by atoms with Crippen molar-refractivity contribution in [3.05, 3.63) is 19.0 Å². The van der Waals surface area contributed by atoms with Gasteiger partial charge >= 0.3 is 0 Å². The maximum Gasteiger partial charge on any atom is 0.224 e. The molecule has 2 aromatic heterocycles. The molecule has 1 atom stereocenters. The van der Waals surface area contributed by atoms with Crippen LogP contribution in [0.4, 0.5) is 11.8 Å². The second-order valence-corrected chi connectivity index (χ2v) is 3.60. The minimum Gasteiger partial charge on any atom is -0.368 e. The van der Waals surface area contributed by atoms with Crippen LogP contribution in [0.5, 0.6) is 0 Å². The van der Waals surface area contributed by atoms with Gasteiger partial charge in [0.25, 0.3) is 0 Å². The standard InChI is InChI=1S/C10H14N6/c1-3-4-6(2)14-9-7-8(13-5-12-7)15-10(11)16-9/h3,5-6H,1,4H2,2H3,(H4,11,12,13,14,15,16). The number of aromatic amines is 1. The fourth-order valence-corrected chi connectivity index (χ4v) is 1.50. The number of fused-ring (bicyclic) bond motifs is 1. The molecule has 0 bridgehead atoms. The molecule has 84 valence electrons. The first kappa shape index (κ1) is 10.4. The fraction of sp³-hybridized carbons (Fsp3) is 0.300. The van der Waals surface area contributed by atoms with E-state index >= 15 is 0 Å². The van der Waals surface area contributed by atoms with E-state index in [4.69, 9.17) is 5.73 Å². The number of nitrogens with zero attached hydrogens (tertiary/aromatic N) is 3. The van der Waals surface area contributed by atoms with Gasteiger partial charge in [-0.05, 0) is 13.3 Å². The van der Waals surface area contributed by atoms with E-state index in [1.54, 1.807) is 6.33 Å². The molecule has 0 aliphatic heterocycles. The Balaban J connectivity index is 2.35. The summed E-state index contributed by atoms with van der Waals surface area (Å²) < 4.78 is 0. The van der Waals surface area contributed by atoms with E-state index < -0.39 is 0 Å². The minimum atomic E-state index is 0.216. The molecule has 16 heavy (non-hydrogen) atoms. The number of rotatable bonds is 4. The zero-order chi connectivity index (χ0) is 11.5. The third-order valence-corrected chi connectivity index (χ3v) is 2.21. The lowest BCUT2D eigenvalue weighted by atomic mass is 10.2. The van der Waals surface area contributed by atoms with E-state index in [2.05, 4.69) is 31.8 Å². The molecule has 0 amide bonds. The Labute approximate surface area is 93.0 Å². The molecule has 6 heteroatoms. The van der Waals surface area contributed by atoms with E-state index in [1.807, 2.05) is 13.0 Å². The number of nitrogen functional groups attached to an aromatic ring is 1. The highest BCUT2D eigenvalue weighted by atomic mass is 15.1. The lowest BCUT2D eigenvalue weighted by Crippen LogP contribution is -2.16. The van der Waals surface area contributed by atoms with Gasteiger partial charge in [0.2, 0.25) is 5.95 Å². The van der Waals surface area contributed by atoms with Crippen LogP contribution in [0.1, 0.15) is 13.3 Å². The van der Waals surface area contributed by atoms with Crippen molar-refractivity contribution >= 4 is 22.9 Å². The first-order chi connectivity index (χ1) is 7.70. The quantitative estimate of drug-likeness (QED) is 0.673. The Morgan fingerprint density at radius 3 is 3.19 bits per heavy atom. The van der Waals surface area contributed by atoms with E-state index in [1.165, 1.54) is 0 Å². The SMILES string of the molecule is C=CCC(C)Nc1nc(N)nc2nc[nH]c12. The number of imidazole rings is 1. The van der Waals surface area contributed by atoms with Gasteiger partial charge in [0.1, 0.15) is 5.52 Å². The van der Waals surface area contributed by atoms with E-state index in [9.17, 15) is 0 Å². The molecule has 4 N–H and O–H groups in total. The number of aromatic nitrogens is 4. The Bertz CT molecular complexity index is 503. The topological polar surface area (TPSA) is 92.5 Å². The molecular formula is C10H14N6. The van der Waals surface area contributed by atoms with Crippen molar-refractivity contribution in [3.63, 3.8) is 0 Å². The van der Waals surface area contributed by atoms with Gasteiger partial charge < -0.3 is 16.0 Å². The van der Waals surface area contributed by atoms with E-state index in [-0.39, 0.29) is 12.0 Å². The summed E-state index contributed by atoms with van der Waals surface area (Å²) in [5, 5.41) is 3.24. The Morgan fingerprint density at radius 2 is 2.44 bits per heavy atom. The summed E-state index contributed by atoms with van der Waals surface area (Å²) in [5.74, 6) is 0.891. The van der Waals surface area contributed by atoms with Crippen LogP contribution in [0.15, 0.2) is 19.0 Å². The number of hydrogen-bond donors (Lipinski definition) is 3. The summed E-state index contributed by atoms with van der Waals surface area (Å²) in [7, 11) is 0. The van der Waals surface area contributed by atoms with E-state index in [0.29, 0.717) is 11.5 Å². The molecule has 0 aromatic carbocycles. The Morgan fingerprint density at radius 1 is 1.62 bits per heavy atom. The Kier molecular flexibility index (Phi) is 2.72. The number of hydrogen-bond acceptors (Lipinski definition) is 5. The summed E-state index contributed by atoms with van der Waals surface area (Å²) in [6.07, 6.45) is 4.27. The van der Waals surface area contributed by atoms with Crippen molar-refractivity contribution < 1.29 is 0 Å². The van der Waals surface area contributed by atoms with Gasteiger partial charge in [-0.1, -0.05) is 6.08 Å². The fourth-order valence-electron chi connectivity index (χ4n) is 1.50. The van der Waals surface area contributed by atoms with Crippen molar-refractivity contribution in [1.29, 1.82) is 0 Å². The van der Waals surface area contributed by atoms with Crippen LogP contribution in [0.2, 0.25) is 0 Å². The zero-order valence-corrected chi connectivity index (χ0v) is 9.07. The van der Waals surface area contributed by atoms with Crippen LogP contribution >= 0.6 is 0 Å². The van der Waals surface area contributed by atoms with Gasteiger partial charge in [0.05, 0.1) is 6.33 Å². The molecule has 0 aliphatic rings. The first-order valence-corrected chi connectivity index (χ1v) is 5.04. The van der Waals surface area contributed by atoms with Crippen LogP contribution < -0.4 is 11.1 Å². The second kappa shape index (κ2) is 4.18. The smallest absolute Gasteiger partial charge is 0.224 e. The van der Waals surface area contributed by atoms with Crippen molar-refractivity contribution in [2.75, 3.05) is 11.1 Å². The lowest BCUT2D eigenvalue weighted by molar-refractivity contribution is 0.808. The van der Waals surface area contributed by atoms with Crippen LogP contribution in [0.25, 0.3) is 11.2 Å². The van der Waals surface area contributed by atoms with Gasteiger partial charge in [0.15, 0.2) is 11.5 Å². The number of H-pyrrole nitrogens is 1. The van der Waals surface area contributed by atoms with Crippen LogP contribution in [0.3, 0.4) is 0 Å². The summed E-state index contributed by atoms with van der Waals surface area (Å²) in [5.41, 5.74) is 6.94. The first-order valence-electron chi connectivity index (χ1n) is 5.04. The minimum absolute atomic E-state index is 0.216. The van der Waals surface area contributed by atoms with Gasteiger partial charge in [-0.2, -0.15) is 9.97 Å². The van der Waals surface area contributed by atoms with Crippen molar-refractivity contribution in [1.82, 2.24) is 19.9 Å². The van der Waals surface area contributed by atoms with Gasteiger partial charge in [-0.25, -0.2) is 4.98 Å². The third kappa shape index (κ3) is 1.95. The van der Waals surface area contributed by atoms with E-state index in [0.717, 1.165) is 11.9 Å². The molecule has 0 saturated heterocycles. The highest BCUT2D eigenvalue weighted by Crippen LogP contribution is 2.18. The van der Waals surface area contributed by atoms with Gasteiger partial charge in [0, 0.05) is 6.04 Å². The maximum atomic E-state index is 5.60. The molecule has 2 aromatic rings. The van der Waals surface area contributed by atoms with Crippen molar-refractivity contribution in [2.24, 2.45) is 0 Å². The molecule has 2 heterocycles. The zero-order valence-electron chi connectivity index (χ0n) is 9.07. The molecule has 1 unspecified atom stereocenters. The average molecular weight is 218 g/mol. The largest absolute Gasteiger partial charge is 0.368 e. The highest BCUT2D eigenvalue weighted by Gasteiger charge is 2.09. The summed E-state index contributed by atoms with van der Waals surface area (Å²) in [6, 6.07) is 0.235. The predicted octanol–water partition coefficient (Wildman–Crippen LogP) is 1.31. The predicted molar refractivity (Wildman–Crippen MR) is 64.0 cm³/mol. The number of nitrogens with two attached hydrogens (primary N) is 1. The summed E-state index contributed by atoms with van der Waals surface area (Å²) >= 11 is 0. The molecular weight excluding hydrogens is 204 g/mol. The molecule has 2 rings (SSSR count). The molecule has 0 aliphatic carbocycles. The van der Waals surface area contributed by atoms with Crippen LogP contribution in [-0.4, -0.2) is 26.0 Å². The van der Waals surface area contributed by atoms with Crippen LogP contribution in [-0.2, 0) is 0 Å². The lowest BCUT2D eigenvalue weighted by Gasteiger charge is -2.12. The van der Waals surface area contributed by atoms with Gasteiger partial charge in [-0.3, -0.25) is 0 Å². The Hall–Kier alpha value is -2.11. The highest BCUT2D eigenvalue weighted by molar-refractivity contribution is 5.83. The molecule has 6 nitrogen and oxygen atoms in total. The summed E-state index contributed by atoms with van der Waals surface area (Å²) in [6.45, 7) is 5.74. The maximum absolute atomic E-state index is 5.60. The third-order valence-electron chi connectivity index (χ3n) is 2.21. The monoisotopic (exact) mass is 218 g/mol. The normalized spacial score (nSPS) is 12.6. The van der Waals surface area contributed by atoms with Crippen molar-refractivity contribution in [3.8, 4) is 0 Å². The molecule has 0 saturated carbocycles. The molecule has 0 fully saturated rings. The molecule has 0 spiro atoms. The van der Waals surface area contributed by atoms with Gasteiger partial charge in [-0.15, -0.1) is 6.58 Å².